The first-order valence-corrected chi connectivity index (χ1v) is 10.9. The Bertz CT molecular complexity index is 1020. The van der Waals surface area contributed by atoms with E-state index in [1.807, 2.05) is 0 Å². The van der Waals surface area contributed by atoms with Crippen molar-refractivity contribution in [3.63, 3.8) is 0 Å². The number of carbonyl (C=O) groups is 3. The van der Waals surface area contributed by atoms with E-state index in [0.29, 0.717) is 23.0 Å². The molecule has 0 aromatic heterocycles. The third-order valence-corrected chi connectivity index (χ3v) is 5.10. The van der Waals surface area contributed by atoms with E-state index in [0.717, 1.165) is 5.56 Å². The van der Waals surface area contributed by atoms with Gasteiger partial charge in [-0.3, -0.25) is 9.59 Å². The molecule has 10 nitrogen and oxygen atoms in total. The number of carbonyl (C=O) groups excluding carboxylic acids is 3. The molecule has 2 amide bonds. The van der Waals surface area contributed by atoms with Crippen LogP contribution in [0.5, 0.6) is 23.0 Å². The molecule has 0 unspecified atom stereocenters. The molecule has 0 spiro atoms. The fourth-order valence-electron chi connectivity index (χ4n) is 3.13. The molecule has 0 bridgehead atoms. The third-order valence-electron chi connectivity index (χ3n) is 5.10. The highest BCUT2D eigenvalue weighted by Gasteiger charge is 2.27. The SMILES string of the molecule is COc1cc(OC)cc(C(=O)N[C@H](C(=O)OCC(=O)NCc2ccc(OC)c(OC)c2)C(C)C)c1. The van der Waals surface area contributed by atoms with Crippen molar-refractivity contribution >= 4 is 17.8 Å². The van der Waals surface area contributed by atoms with Crippen LogP contribution in [0.1, 0.15) is 29.8 Å². The van der Waals surface area contributed by atoms with Crippen molar-refractivity contribution in [1.29, 1.82) is 0 Å². The van der Waals surface area contributed by atoms with E-state index in [1.165, 1.54) is 40.6 Å². The summed E-state index contributed by atoms with van der Waals surface area (Å²) in [5.41, 5.74) is 1.04. The summed E-state index contributed by atoms with van der Waals surface area (Å²) in [5, 5.41) is 5.33. The number of methoxy groups -OCH3 is 4. The van der Waals surface area contributed by atoms with Crippen molar-refractivity contribution in [2.75, 3.05) is 35.0 Å². The molecule has 0 radical (unpaired) electrons. The van der Waals surface area contributed by atoms with Gasteiger partial charge in [-0.2, -0.15) is 0 Å². The van der Waals surface area contributed by atoms with Gasteiger partial charge in [0.2, 0.25) is 0 Å². The molecule has 2 aromatic rings. The van der Waals surface area contributed by atoms with Gasteiger partial charge in [0, 0.05) is 18.2 Å². The van der Waals surface area contributed by atoms with Crippen LogP contribution < -0.4 is 29.6 Å². The van der Waals surface area contributed by atoms with Crippen LogP contribution >= 0.6 is 0 Å². The van der Waals surface area contributed by atoms with Crippen molar-refractivity contribution in [3.8, 4) is 23.0 Å². The van der Waals surface area contributed by atoms with E-state index < -0.39 is 30.4 Å². The molecule has 0 aliphatic rings. The van der Waals surface area contributed by atoms with Crippen molar-refractivity contribution in [1.82, 2.24) is 10.6 Å². The monoisotopic (exact) mass is 488 g/mol. The number of hydrogen-bond acceptors (Lipinski definition) is 8. The molecule has 0 aliphatic heterocycles. The Morgan fingerprint density at radius 1 is 0.829 bits per heavy atom. The van der Waals surface area contributed by atoms with Gasteiger partial charge in [-0.1, -0.05) is 19.9 Å². The van der Waals surface area contributed by atoms with Crippen LogP contribution in [0, 0.1) is 5.92 Å². The Labute approximate surface area is 204 Å². The van der Waals surface area contributed by atoms with E-state index in [2.05, 4.69) is 10.6 Å². The molecule has 35 heavy (non-hydrogen) atoms. The normalized spacial score (nSPS) is 11.3. The predicted octanol–water partition coefficient (Wildman–Crippen LogP) is 2.33. The van der Waals surface area contributed by atoms with E-state index >= 15 is 0 Å². The van der Waals surface area contributed by atoms with Gasteiger partial charge in [0.15, 0.2) is 18.1 Å². The van der Waals surface area contributed by atoms with Crippen LogP contribution in [0.2, 0.25) is 0 Å². The maximum Gasteiger partial charge on any atom is 0.329 e. The van der Waals surface area contributed by atoms with Gasteiger partial charge in [-0.05, 0) is 35.7 Å². The van der Waals surface area contributed by atoms with Gasteiger partial charge < -0.3 is 34.3 Å². The molecule has 0 fully saturated rings. The largest absolute Gasteiger partial charge is 0.497 e. The highest BCUT2D eigenvalue weighted by Crippen LogP contribution is 2.27. The Morgan fingerprint density at radius 2 is 1.46 bits per heavy atom. The standard InChI is InChI=1S/C25H32N2O8/c1-15(2)23(27-24(29)17-10-18(31-3)12-19(11-17)32-4)25(30)35-14-22(28)26-13-16-7-8-20(33-5)21(9-16)34-6/h7-12,15,23H,13-14H2,1-6H3,(H,26,28)(H,27,29)/t23-/m0/s1. The fourth-order valence-corrected chi connectivity index (χ4v) is 3.13. The topological polar surface area (TPSA) is 121 Å². The van der Waals surface area contributed by atoms with Gasteiger partial charge in [0.05, 0.1) is 28.4 Å². The summed E-state index contributed by atoms with van der Waals surface area (Å²) in [6.45, 7) is 3.24. The lowest BCUT2D eigenvalue weighted by Crippen LogP contribution is -2.46. The maximum atomic E-state index is 12.8. The number of ether oxygens (including phenoxy) is 5. The molecule has 0 heterocycles. The van der Waals surface area contributed by atoms with Crippen LogP contribution in [0.3, 0.4) is 0 Å². The first-order chi connectivity index (χ1) is 16.7. The second-order valence-electron chi connectivity index (χ2n) is 7.87. The number of hydrogen-bond donors (Lipinski definition) is 2. The molecule has 0 saturated carbocycles. The number of rotatable bonds is 12. The van der Waals surface area contributed by atoms with Gasteiger partial charge in [0.25, 0.3) is 11.8 Å². The number of nitrogens with one attached hydrogen (secondary N) is 2. The molecular formula is C25H32N2O8. The first kappa shape index (κ1) is 27.3. The van der Waals surface area contributed by atoms with Crippen LogP contribution in [0.25, 0.3) is 0 Å². The van der Waals surface area contributed by atoms with E-state index in [-0.39, 0.29) is 18.0 Å². The zero-order valence-electron chi connectivity index (χ0n) is 20.8. The Morgan fingerprint density at radius 3 is 2.00 bits per heavy atom. The fraction of sp³-hybridized carbons (Fsp3) is 0.400. The molecule has 0 saturated heterocycles. The average molecular weight is 489 g/mol. The summed E-state index contributed by atoms with van der Waals surface area (Å²) in [7, 11) is 6.00. The van der Waals surface area contributed by atoms with Gasteiger partial charge in [-0.15, -0.1) is 0 Å². The minimum Gasteiger partial charge on any atom is -0.497 e. The number of benzene rings is 2. The smallest absolute Gasteiger partial charge is 0.329 e. The minimum absolute atomic E-state index is 0.207. The van der Waals surface area contributed by atoms with E-state index in [4.69, 9.17) is 23.7 Å². The van der Waals surface area contributed by atoms with Crippen LogP contribution in [-0.2, 0) is 20.9 Å². The van der Waals surface area contributed by atoms with Crippen molar-refractivity contribution in [3.05, 3.63) is 47.5 Å². The Kier molecular flexibility index (Phi) is 10.2. The van der Waals surface area contributed by atoms with Gasteiger partial charge in [0.1, 0.15) is 17.5 Å². The Balaban J connectivity index is 1.94. The third kappa shape index (κ3) is 7.80. The second-order valence-corrected chi connectivity index (χ2v) is 7.87. The summed E-state index contributed by atoms with van der Waals surface area (Å²) in [6, 6.07) is 8.98. The zero-order valence-corrected chi connectivity index (χ0v) is 20.8. The number of esters is 1. The maximum absolute atomic E-state index is 12.8. The summed E-state index contributed by atoms with van der Waals surface area (Å²) in [5.74, 6) is -0.0114. The molecule has 2 N–H and O–H groups in total. The van der Waals surface area contributed by atoms with Crippen molar-refractivity contribution in [2.24, 2.45) is 5.92 Å². The minimum atomic E-state index is -0.960. The molecule has 0 aliphatic carbocycles. The predicted molar refractivity (Wildman–Crippen MR) is 128 cm³/mol. The molecule has 10 heteroatoms. The average Bonchev–Trinajstić information content (AvgIpc) is 2.87. The zero-order chi connectivity index (χ0) is 26.0. The van der Waals surface area contributed by atoms with Crippen LogP contribution in [-0.4, -0.2) is 58.9 Å². The lowest BCUT2D eigenvalue weighted by Gasteiger charge is -2.21. The molecule has 1 atom stereocenters. The van der Waals surface area contributed by atoms with Gasteiger partial charge in [-0.25, -0.2) is 4.79 Å². The highest BCUT2D eigenvalue weighted by molar-refractivity contribution is 5.97. The summed E-state index contributed by atoms with van der Waals surface area (Å²) >= 11 is 0. The second kappa shape index (κ2) is 13.1. The van der Waals surface area contributed by atoms with Crippen LogP contribution in [0.4, 0.5) is 0 Å². The Hall–Kier alpha value is -3.95. The van der Waals surface area contributed by atoms with Crippen molar-refractivity contribution in [2.45, 2.75) is 26.4 Å². The summed E-state index contributed by atoms with van der Waals surface area (Å²) in [6.07, 6.45) is 0. The summed E-state index contributed by atoms with van der Waals surface area (Å²) in [4.78, 5) is 37.6. The van der Waals surface area contributed by atoms with Crippen molar-refractivity contribution < 1.29 is 38.1 Å². The quantitative estimate of drug-likeness (QED) is 0.437. The first-order valence-electron chi connectivity index (χ1n) is 10.9. The van der Waals surface area contributed by atoms with E-state index in [1.54, 1.807) is 38.1 Å². The summed E-state index contributed by atoms with van der Waals surface area (Å²) < 4.78 is 26.0. The molecule has 2 rings (SSSR count). The number of amides is 2. The molecule has 190 valence electrons. The van der Waals surface area contributed by atoms with E-state index in [9.17, 15) is 14.4 Å². The highest BCUT2D eigenvalue weighted by atomic mass is 16.5. The molecular weight excluding hydrogens is 456 g/mol. The lowest BCUT2D eigenvalue weighted by atomic mass is 10.0. The van der Waals surface area contributed by atoms with Crippen LogP contribution in [0.15, 0.2) is 36.4 Å². The molecule has 2 aromatic carbocycles. The lowest BCUT2D eigenvalue weighted by molar-refractivity contribution is -0.151. The van der Waals surface area contributed by atoms with Gasteiger partial charge >= 0.3 is 5.97 Å².